The van der Waals surface area contributed by atoms with Gasteiger partial charge in [-0.15, -0.1) is 0 Å². The highest BCUT2D eigenvalue weighted by Crippen LogP contribution is 2.21. The molecule has 0 aromatic heterocycles. The van der Waals surface area contributed by atoms with Crippen molar-refractivity contribution in [3.8, 4) is 0 Å². The Balaban J connectivity index is 1.63. The molecule has 30 heavy (non-hydrogen) atoms. The van der Waals surface area contributed by atoms with Gasteiger partial charge in [0.25, 0.3) is 0 Å². The molecule has 2 heterocycles. The van der Waals surface area contributed by atoms with Crippen LogP contribution in [0.2, 0.25) is 0 Å². The Hall–Kier alpha value is -2.13. The molecule has 1 aromatic rings. The number of piperidine rings is 1. The van der Waals surface area contributed by atoms with Crippen LogP contribution in [0.1, 0.15) is 44.6 Å². The summed E-state index contributed by atoms with van der Waals surface area (Å²) < 4.78 is 27.4. The number of aliphatic imine (C=N–C) groups is 1. The summed E-state index contributed by atoms with van der Waals surface area (Å²) in [7, 11) is -3.46. The van der Waals surface area contributed by atoms with Crippen molar-refractivity contribution >= 4 is 21.9 Å². The number of rotatable bonds is 7. The summed E-state index contributed by atoms with van der Waals surface area (Å²) >= 11 is 0. The molecule has 0 bridgehead atoms. The molecule has 0 radical (unpaired) electrons. The van der Waals surface area contributed by atoms with Gasteiger partial charge in [-0.2, -0.15) is 4.31 Å². The van der Waals surface area contributed by atoms with E-state index in [0.29, 0.717) is 37.0 Å². The highest BCUT2D eigenvalue weighted by Gasteiger charge is 2.26. The lowest BCUT2D eigenvalue weighted by Crippen LogP contribution is -2.44. The molecule has 2 N–H and O–H groups in total. The molecular formula is C21H33N5O3S. The lowest BCUT2D eigenvalue weighted by atomic mass is 10.2. The summed E-state index contributed by atoms with van der Waals surface area (Å²) in [5, 5.41) is 6.22. The molecule has 0 atom stereocenters. The molecule has 0 unspecified atom stereocenters. The Labute approximate surface area is 179 Å². The largest absolute Gasteiger partial charge is 0.357 e. The second-order valence-electron chi connectivity index (χ2n) is 7.75. The molecule has 1 amide bonds. The van der Waals surface area contributed by atoms with E-state index in [-0.39, 0.29) is 12.5 Å². The van der Waals surface area contributed by atoms with E-state index < -0.39 is 10.0 Å². The van der Waals surface area contributed by atoms with Crippen molar-refractivity contribution < 1.29 is 13.2 Å². The van der Waals surface area contributed by atoms with Crippen LogP contribution in [0.15, 0.2) is 34.2 Å². The summed E-state index contributed by atoms with van der Waals surface area (Å²) in [6.07, 6.45) is 5.04. The third-order valence-corrected chi connectivity index (χ3v) is 7.38. The third-order valence-electron chi connectivity index (χ3n) is 5.48. The van der Waals surface area contributed by atoms with Crippen molar-refractivity contribution in [3.63, 3.8) is 0 Å². The van der Waals surface area contributed by atoms with Crippen LogP contribution < -0.4 is 10.6 Å². The van der Waals surface area contributed by atoms with Gasteiger partial charge in [-0.05, 0) is 50.3 Å². The molecule has 0 spiro atoms. The van der Waals surface area contributed by atoms with Gasteiger partial charge < -0.3 is 15.5 Å². The number of hydrogen-bond acceptors (Lipinski definition) is 4. The average molecular weight is 436 g/mol. The number of hydrogen-bond donors (Lipinski definition) is 2. The first-order chi connectivity index (χ1) is 14.5. The summed E-state index contributed by atoms with van der Waals surface area (Å²) in [5.74, 6) is 0.627. The number of guanidine groups is 1. The SMILES string of the molecule is CCNC(=NCc1cccc(S(=O)(=O)N2CCCCC2)c1)NCC(=O)N1CCCC1. The first-order valence-corrected chi connectivity index (χ1v) is 12.3. The summed E-state index contributed by atoms with van der Waals surface area (Å²) in [6, 6.07) is 6.98. The third kappa shape index (κ3) is 5.95. The molecule has 0 aliphatic carbocycles. The Morgan fingerprint density at radius 1 is 1.03 bits per heavy atom. The molecule has 166 valence electrons. The van der Waals surface area contributed by atoms with Crippen molar-refractivity contribution in [2.75, 3.05) is 39.3 Å². The zero-order valence-corrected chi connectivity index (χ0v) is 18.6. The highest BCUT2D eigenvalue weighted by atomic mass is 32.2. The van der Waals surface area contributed by atoms with Crippen LogP contribution in [-0.4, -0.2) is 68.8 Å². The number of nitrogens with one attached hydrogen (secondary N) is 2. The Kier molecular flexibility index (Phi) is 8.09. The highest BCUT2D eigenvalue weighted by molar-refractivity contribution is 7.89. The van der Waals surface area contributed by atoms with Crippen LogP contribution in [-0.2, 0) is 21.4 Å². The number of carbonyl (C=O) groups excluding carboxylic acids is 1. The number of amides is 1. The van der Waals surface area contributed by atoms with Crippen LogP contribution in [0.5, 0.6) is 0 Å². The lowest BCUT2D eigenvalue weighted by Gasteiger charge is -2.26. The van der Waals surface area contributed by atoms with Crippen LogP contribution in [0.4, 0.5) is 0 Å². The van der Waals surface area contributed by atoms with E-state index in [1.165, 1.54) is 0 Å². The molecule has 8 nitrogen and oxygen atoms in total. The number of benzene rings is 1. The first kappa shape index (κ1) is 22.6. The van der Waals surface area contributed by atoms with Crippen LogP contribution in [0.3, 0.4) is 0 Å². The first-order valence-electron chi connectivity index (χ1n) is 10.9. The molecular weight excluding hydrogens is 402 g/mol. The van der Waals surface area contributed by atoms with Gasteiger partial charge in [-0.25, -0.2) is 13.4 Å². The fourth-order valence-corrected chi connectivity index (χ4v) is 5.40. The quantitative estimate of drug-likeness (QED) is 0.501. The average Bonchev–Trinajstić information content (AvgIpc) is 3.31. The summed E-state index contributed by atoms with van der Waals surface area (Å²) in [6.45, 7) is 6.00. The molecule has 2 aliphatic rings. The zero-order valence-electron chi connectivity index (χ0n) is 17.8. The van der Waals surface area contributed by atoms with Crippen LogP contribution in [0.25, 0.3) is 0 Å². The van der Waals surface area contributed by atoms with E-state index in [1.54, 1.807) is 22.5 Å². The second kappa shape index (κ2) is 10.8. The van der Waals surface area contributed by atoms with E-state index in [1.807, 2.05) is 17.9 Å². The van der Waals surface area contributed by atoms with Gasteiger partial charge >= 0.3 is 0 Å². The van der Waals surface area contributed by atoms with Gasteiger partial charge in [0.15, 0.2) is 5.96 Å². The zero-order chi connectivity index (χ0) is 21.4. The van der Waals surface area contributed by atoms with E-state index >= 15 is 0 Å². The van der Waals surface area contributed by atoms with E-state index in [9.17, 15) is 13.2 Å². The summed E-state index contributed by atoms with van der Waals surface area (Å²) in [5.41, 5.74) is 0.816. The number of carbonyl (C=O) groups is 1. The number of sulfonamides is 1. The van der Waals surface area contributed by atoms with Crippen molar-refractivity contribution in [1.82, 2.24) is 19.8 Å². The molecule has 2 fully saturated rings. The van der Waals surface area contributed by atoms with Crippen LogP contribution in [0, 0.1) is 0 Å². The van der Waals surface area contributed by atoms with Gasteiger partial charge in [0.1, 0.15) is 0 Å². The van der Waals surface area contributed by atoms with Gasteiger partial charge in [0.05, 0.1) is 18.0 Å². The fraction of sp³-hybridized carbons (Fsp3) is 0.619. The van der Waals surface area contributed by atoms with Gasteiger partial charge in [-0.3, -0.25) is 4.79 Å². The normalized spacial score (nSPS) is 18.4. The van der Waals surface area contributed by atoms with Crippen molar-refractivity contribution in [3.05, 3.63) is 29.8 Å². The smallest absolute Gasteiger partial charge is 0.243 e. The Morgan fingerprint density at radius 3 is 2.43 bits per heavy atom. The Bertz CT molecular complexity index is 844. The lowest BCUT2D eigenvalue weighted by molar-refractivity contribution is -0.128. The van der Waals surface area contributed by atoms with E-state index in [4.69, 9.17) is 0 Å². The van der Waals surface area contributed by atoms with Gasteiger partial charge in [-0.1, -0.05) is 18.6 Å². The van der Waals surface area contributed by atoms with Gasteiger partial charge in [0, 0.05) is 32.7 Å². The minimum Gasteiger partial charge on any atom is -0.357 e. The minimum atomic E-state index is -3.46. The molecule has 2 saturated heterocycles. The van der Waals surface area contributed by atoms with Gasteiger partial charge in [0.2, 0.25) is 15.9 Å². The van der Waals surface area contributed by atoms with Crippen molar-refractivity contribution in [1.29, 1.82) is 0 Å². The molecule has 2 aliphatic heterocycles. The fourth-order valence-electron chi connectivity index (χ4n) is 3.81. The van der Waals surface area contributed by atoms with Crippen molar-refractivity contribution in [2.24, 2.45) is 4.99 Å². The maximum absolute atomic E-state index is 12.9. The summed E-state index contributed by atoms with van der Waals surface area (Å²) in [4.78, 5) is 19.0. The van der Waals surface area contributed by atoms with E-state index in [0.717, 1.165) is 50.8 Å². The topological polar surface area (TPSA) is 94.1 Å². The predicted molar refractivity (Wildman–Crippen MR) is 118 cm³/mol. The molecule has 9 heteroatoms. The monoisotopic (exact) mass is 435 g/mol. The molecule has 0 saturated carbocycles. The minimum absolute atomic E-state index is 0.0766. The second-order valence-corrected chi connectivity index (χ2v) is 9.69. The van der Waals surface area contributed by atoms with E-state index in [2.05, 4.69) is 15.6 Å². The Morgan fingerprint density at radius 2 is 1.73 bits per heavy atom. The van der Waals surface area contributed by atoms with Crippen LogP contribution >= 0.6 is 0 Å². The maximum atomic E-state index is 12.9. The van der Waals surface area contributed by atoms with Crippen molar-refractivity contribution in [2.45, 2.75) is 50.5 Å². The molecule has 3 rings (SSSR count). The number of likely N-dealkylation sites (tertiary alicyclic amines) is 1. The molecule has 1 aromatic carbocycles. The maximum Gasteiger partial charge on any atom is 0.243 e. The number of nitrogens with zero attached hydrogens (tertiary/aromatic N) is 3. The predicted octanol–water partition coefficient (Wildman–Crippen LogP) is 1.54. The standard InChI is InChI=1S/C21H33N5O3S/c1-2-22-21(24-17-20(27)25-11-6-7-12-25)23-16-18-9-8-10-19(15-18)30(28,29)26-13-4-3-5-14-26/h8-10,15H,2-7,11-14,16-17H2,1H3,(H2,22,23,24).